The molecule has 5 aromatic rings. The summed E-state index contributed by atoms with van der Waals surface area (Å²) < 4.78 is 15.8. The molecule has 1 aliphatic heterocycles. The number of carboxylic acid groups (broad SMARTS) is 1. The number of carbonyl (C=O) groups is 1. The van der Waals surface area contributed by atoms with E-state index in [-0.39, 0.29) is 6.61 Å². The van der Waals surface area contributed by atoms with Crippen LogP contribution in [0.2, 0.25) is 0 Å². The van der Waals surface area contributed by atoms with Crippen LogP contribution in [-0.2, 0) is 30.9 Å². The van der Waals surface area contributed by atoms with Crippen LogP contribution in [0.3, 0.4) is 0 Å². The maximum Gasteiger partial charge on any atom is 0.352 e. The zero-order valence-electron chi connectivity index (χ0n) is 23.0. The number of aromatic nitrogens is 3. The Kier molecular flexibility index (Phi) is 7.59. The second-order valence-electron chi connectivity index (χ2n) is 10.2. The van der Waals surface area contributed by atoms with Gasteiger partial charge in [0.05, 0.1) is 44.2 Å². The predicted molar refractivity (Wildman–Crippen MR) is 159 cm³/mol. The monoisotopic (exact) mass is 551 g/mol. The summed E-state index contributed by atoms with van der Waals surface area (Å²) in [4.78, 5) is 12.8. The third kappa shape index (κ3) is 5.01. The van der Waals surface area contributed by atoms with Crippen molar-refractivity contribution in [1.82, 2.24) is 14.3 Å². The second-order valence-corrected chi connectivity index (χ2v) is 10.2. The van der Waals surface area contributed by atoms with Gasteiger partial charge in [-0.15, -0.1) is 0 Å². The van der Waals surface area contributed by atoms with Crippen LogP contribution < -0.4 is 4.74 Å². The molecule has 0 saturated carbocycles. The van der Waals surface area contributed by atoms with Crippen molar-refractivity contribution in [3.63, 3.8) is 0 Å². The molecule has 3 aromatic carbocycles. The van der Waals surface area contributed by atoms with Crippen molar-refractivity contribution >= 4 is 27.6 Å². The summed E-state index contributed by atoms with van der Waals surface area (Å²) in [6.07, 6.45) is 5.09. The largest absolute Gasteiger partial charge is 0.493 e. The lowest BCUT2D eigenvalue weighted by Crippen LogP contribution is -2.11. The van der Waals surface area contributed by atoms with Gasteiger partial charge in [-0.25, -0.2) is 4.79 Å². The summed E-state index contributed by atoms with van der Waals surface area (Å²) in [5, 5.41) is 27.9. The van der Waals surface area contributed by atoms with Gasteiger partial charge in [0.2, 0.25) is 0 Å². The number of hydrogen-bond acceptors (Lipinski definition) is 5. The molecule has 1 aliphatic rings. The van der Waals surface area contributed by atoms with E-state index in [9.17, 15) is 15.0 Å². The van der Waals surface area contributed by atoms with E-state index in [0.29, 0.717) is 51.4 Å². The summed E-state index contributed by atoms with van der Waals surface area (Å²) in [5.74, 6) is -0.124. The number of para-hydroxylation sites is 1. The van der Waals surface area contributed by atoms with Crippen LogP contribution >= 0.6 is 0 Å². The third-order valence-electron chi connectivity index (χ3n) is 7.74. The Bertz CT molecular complexity index is 1760. The van der Waals surface area contributed by atoms with Crippen LogP contribution in [-0.4, -0.2) is 50.4 Å². The molecule has 8 nitrogen and oxygen atoms in total. The molecule has 0 bridgehead atoms. The van der Waals surface area contributed by atoms with Gasteiger partial charge in [-0.2, -0.15) is 5.10 Å². The highest BCUT2D eigenvalue weighted by atomic mass is 16.5. The van der Waals surface area contributed by atoms with Crippen molar-refractivity contribution < 1.29 is 24.5 Å². The summed E-state index contributed by atoms with van der Waals surface area (Å²) in [7, 11) is 0. The summed E-state index contributed by atoms with van der Waals surface area (Å²) in [6.45, 7) is 3.91. The van der Waals surface area contributed by atoms with Crippen molar-refractivity contribution in [3.05, 3.63) is 95.5 Å². The lowest BCUT2D eigenvalue weighted by molar-refractivity contribution is 0.0685. The van der Waals surface area contributed by atoms with Crippen LogP contribution in [0.25, 0.3) is 32.8 Å². The number of ether oxygens (including phenoxy) is 2. The van der Waals surface area contributed by atoms with Gasteiger partial charge in [0.25, 0.3) is 0 Å². The topological polar surface area (TPSA) is 98.7 Å². The number of aryl methyl sites for hydroxylation is 1. The lowest BCUT2D eigenvalue weighted by atomic mass is 9.98. The maximum absolute atomic E-state index is 12.8. The average Bonchev–Trinajstić information content (AvgIpc) is 3.45. The van der Waals surface area contributed by atoms with E-state index in [4.69, 9.17) is 14.6 Å². The van der Waals surface area contributed by atoms with E-state index in [1.165, 1.54) is 0 Å². The fourth-order valence-electron chi connectivity index (χ4n) is 5.96. The number of aromatic carboxylic acids is 1. The predicted octanol–water partition coefficient (Wildman–Crippen LogP) is 5.75. The van der Waals surface area contributed by atoms with Gasteiger partial charge >= 0.3 is 5.97 Å². The van der Waals surface area contributed by atoms with Gasteiger partial charge in [0, 0.05) is 34.1 Å². The first kappa shape index (κ1) is 26.8. The minimum Gasteiger partial charge on any atom is -0.493 e. The molecule has 2 aromatic heterocycles. The molecule has 0 unspecified atom stereocenters. The Morgan fingerprint density at radius 3 is 2.71 bits per heavy atom. The number of benzene rings is 3. The van der Waals surface area contributed by atoms with E-state index in [0.717, 1.165) is 55.5 Å². The van der Waals surface area contributed by atoms with E-state index < -0.39 is 5.97 Å². The second kappa shape index (κ2) is 11.6. The molecule has 0 amide bonds. The van der Waals surface area contributed by atoms with Crippen molar-refractivity contribution in [2.75, 3.05) is 19.8 Å². The zero-order valence-corrected chi connectivity index (χ0v) is 23.0. The number of aliphatic hydroxyl groups is 1. The van der Waals surface area contributed by atoms with Crippen molar-refractivity contribution in [1.29, 1.82) is 0 Å². The molecule has 41 heavy (non-hydrogen) atoms. The van der Waals surface area contributed by atoms with E-state index in [2.05, 4.69) is 18.2 Å². The first-order valence-electron chi connectivity index (χ1n) is 14.0. The molecule has 0 fully saturated rings. The quantitative estimate of drug-likeness (QED) is 0.188. The molecule has 8 heteroatoms. The molecule has 2 N–H and O–H groups in total. The number of carboxylic acids is 1. The average molecular weight is 552 g/mol. The Hall–Kier alpha value is -4.40. The van der Waals surface area contributed by atoms with Gasteiger partial charge in [0.15, 0.2) is 0 Å². The van der Waals surface area contributed by atoms with Crippen LogP contribution in [0.5, 0.6) is 5.75 Å². The Morgan fingerprint density at radius 2 is 1.85 bits per heavy atom. The number of hydrogen-bond donors (Lipinski definition) is 2. The fraction of sp³-hybridized carbons (Fsp3) is 0.273. The first-order valence-corrected chi connectivity index (χ1v) is 14.0. The van der Waals surface area contributed by atoms with Gasteiger partial charge in [0.1, 0.15) is 11.4 Å². The molecule has 0 spiro atoms. The normalized spacial score (nSPS) is 14.1. The van der Waals surface area contributed by atoms with Gasteiger partial charge in [-0.1, -0.05) is 66.7 Å². The fourth-order valence-corrected chi connectivity index (χ4v) is 5.96. The Morgan fingerprint density at radius 1 is 1.05 bits per heavy atom. The summed E-state index contributed by atoms with van der Waals surface area (Å²) in [5.41, 5.74) is 5.49. The number of nitrogens with zero attached hydrogens (tertiary/aromatic N) is 3. The van der Waals surface area contributed by atoms with Crippen LogP contribution in [0.1, 0.15) is 33.9 Å². The standard InChI is InChI=1S/C33H33N3O5/c1-22-30-27-13-7-12-25-26(14-8-20-41-29-15-6-10-23-9-2-3-11-24(23)29)32(33(38)39)35(31(25)27)16-4-5-19-40-21-28(30)34-36(22)17-18-37/h2-7,9-13,15,37H,8,14,16-21H2,1H3,(H,38,39)/b5-4-. The van der Waals surface area contributed by atoms with Gasteiger partial charge in [-0.3, -0.25) is 4.68 Å². The summed E-state index contributed by atoms with van der Waals surface area (Å²) >= 11 is 0. The molecule has 210 valence electrons. The molecule has 0 aliphatic carbocycles. The SMILES string of the molecule is Cc1c2c(nn1CCO)COC/C=C\Cn1c(C(=O)O)c(CCCOc3cccc4ccccc34)c3cccc-2c31. The molecular formula is C33H33N3O5. The summed E-state index contributed by atoms with van der Waals surface area (Å²) in [6, 6.07) is 20.2. The highest BCUT2D eigenvalue weighted by Crippen LogP contribution is 2.38. The highest BCUT2D eigenvalue weighted by Gasteiger charge is 2.27. The number of fused-ring (bicyclic) bond motifs is 3. The highest BCUT2D eigenvalue weighted by molar-refractivity contribution is 6.04. The van der Waals surface area contributed by atoms with Crippen LogP contribution in [0, 0.1) is 6.92 Å². The number of allylic oxidation sites excluding steroid dienone is 1. The van der Waals surface area contributed by atoms with Crippen LogP contribution in [0.4, 0.5) is 0 Å². The molecule has 3 heterocycles. The minimum atomic E-state index is -0.954. The van der Waals surface area contributed by atoms with Gasteiger partial charge in [-0.05, 0) is 36.8 Å². The minimum absolute atomic E-state index is 0.0280. The van der Waals surface area contributed by atoms with Crippen LogP contribution in [0.15, 0.2) is 72.8 Å². The Balaban J connectivity index is 1.41. The first-order chi connectivity index (χ1) is 20.1. The van der Waals surface area contributed by atoms with E-state index >= 15 is 0 Å². The maximum atomic E-state index is 12.8. The zero-order chi connectivity index (χ0) is 28.3. The van der Waals surface area contributed by atoms with E-state index in [1.54, 1.807) is 4.68 Å². The smallest absolute Gasteiger partial charge is 0.352 e. The Labute approximate surface area is 238 Å². The van der Waals surface area contributed by atoms with E-state index in [1.807, 2.05) is 66.1 Å². The van der Waals surface area contributed by atoms with Gasteiger partial charge < -0.3 is 24.3 Å². The van der Waals surface area contributed by atoms with Crippen molar-refractivity contribution in [3.8, 4) is 16.9 Å². The van der Waals surface area contributed by atoms with Crippen molar-refractivity contribution in [2.45, 2.75) is 39.5 Å². The molecule has 6 rings (SSSR count). The number of rotatable bonds is 8. The van der Waals surface area contributed by atoms with Crippen molar-refractivity contribution in [2.24, 2.45) is 0 Å². The molecule has 0 atom stereocenters. The molecule has 0 radical (unpaired) electrons. The third-order valence-corrected chi connectivity index (χ3v) is 7.74. The molecule has 0 saturated heterocycles. The molecular weight excluding hydrogens is 518 g/mol. The lowest BCUT2D eigenvalue weighted by Gasteiger charge is -2.11. The number of aliphatic hydroxyl groups excluding tert-OH is 1.